The van der Waals surface area contributed by atoms with Crippen LogP contribution >= 0.6 is 11.8 Å². The van der Waals surface area contributed by atoms with Crippen molar-refractivity contribution in [3.63, 3.8) is 0 Å². The number of hydrogen-bond donors (Lipinski definition) is 0. The molecule has 1 aromatic carbocycles. The van der Waals surface area contributed by atoms with Gasteiger partial charge in [0.1, 0.15) is 12.1 Å². The van der Waals surface area contributed by atoms with Crippen LogP contribution in [0.25, 0.3) is 0 Å². The second-order valence-electron chi connectivity index (χ2n) is 3.07. The molecule has 0 fully saturated rings. The lowest BCUT2D eigenvalue weighted by Gasteiger charge is -2.04. The molecule has 0 N–H and O–H groups in total. The SMILES string of the molecule is CSc1nncn1Cc1ccc(F)cc1. The first-order valence-corrected chi connectivity index (χ1v) is 5.68. The second-order valence-corrected chi connectivity index (χ2v) is 3.85. The van der Waals surface area contributed by atoms with E-state index in [2.05, 4.69) is 10.2 Å². The summed E-state index contributed by atoms with van der Waals surface area (Å²) in [5.74, 6) is -0.215. The van der Waals surface area contributed by atoms with Gasteiger partial charge < -0.3 is 4.57 Å². The number of halogens is 1. The molecule has 2 rings (SSSR count). The van der Waals surface area contributed by atoms with Crippen LogP contribution in [-0.4, -0.2) is 21.0 Å². The molecule has 0 saturated carbocycles. The zero-order valence-corrected chi connectivity index (χ0v) is 9.04. The molecule has 0 bridgehead atoms. The van der Waals surface area contributed by atoms with Gasteiger partial charge in [0.05, 0.1) is 6.54 Å². The number of rotatable bonds is 3. The summed E-state index contributed by atoms with van der Waals surface area (Å²) in [6, 6.07) is 6.44. The van der Waals surface area contributed by atoms with Crippen LogP contribution in [0, 0.1) is 5.82 Å². The molecule has 0 saturated heterocycles. The van der Waals surface area contributed by atoms with Crippen LogP contribution in [0.15, 0.2) is 35.7 Å². The Morgan fingerprint density at radius 2 is 2.07 bits per heavy atom. The lowest BCUT2D eigenvalue weighted by molar-refractivity contribution is 0.625. The molecule has 5 heteroatoms. The van der Waals surface area contributed by atoms with Crippen LogP contribution in [0.1, 0.15) is 5.56 Å². The number of thioether (sulfide) groups is 1. The van der Waals surface area contributed by atoms with E-state index < -0.39 is 0 Å². The van der Waals surface area contributed by atoms with Gasteiger partial charge in [0.15, 0.2) is 5.16 Å². The van der Waals surface area contributed by atoms with Crippen molar-refractivity contribution in [2.45, 2.75) is 11.7 Å². The van der Waals surface area contributed by atoms with E-state index >= 15 is 0 Å². The zero-order chi connectivity index (χ0) is 10.7. The standard InChI is InChI=1S/C10H10FN3S/c1-15-10-13-12-7-14(10)6-8-2-4-9(11)5-3-8/h2-5,7H,6H2,1H3. The molecular weight excluding hydrogens is 213 g/mol. The van der Waals surface area contributed by atoms with Crippen molar-refractivity contribution in [1.29, 1.82) is 0 Å². The van der Waals surface area contributed by atoms with Crippen LogP contribution < -0.4 is 0 Å². The van der Waals surface area contributed by atoms with Gasteiger partial charge in [-0.2, -0.15) is 0 Å². The van der Waals surface area contributed by atoms with E-state index in [1.165, 1.54) is 23.9 Å². The maximum absolute atomic E-state index is 12.7. The average molecular weight is 223 g/mol. The fourth-order valence-corrected chi connectivity index (χ4v) is 1.77. The highest BCUT2D eigenvalue weighted by molar-refractivity contribution is 7.98. The Bertz CT molecular complexity index is 438. The van der Waals surface area contributed by atoms with Gasteiger partial charge in [-0.1, -0.05) is 23.9 Å². The normalized spacial score (nSPS) is 10.5. The minimum Gasteiger partial charge on any atom is -0.304 e. The fourth-order valence-electron chi connectivity index (χ4n) is 1.30. The summed E-state index contributed by atoms with van der Waals surface area (Å²) in [7, 11) is 0. The highest BCUT2D eigenvalue weighted by atomic mass is 32.2. The van der Waals surface area contributed by atoms with Gasteiger partial charge in [-0.3, -0.25) is 0 Å². The Morgan fingerprint density at radius 1 is 1.33 bits per heavy atom. The average Bonchev–Trinajstić information content (AvgIpc) is 2.69. The van der Waals surface area contributed by atoms with Crippen LogP contribution in [0.4, 0.5) is 4.39 Å². The van der Waals surface area contributed by atoms with Gasteiger partial charge in [0.2, 0.25) is 0 Å². The van der Waals surface area contributed by atoms with E-state index in [1.54, 1.807) is 18.5 Å². The summed E-state index contributed by atoms with van der Waals surface area (Å²) in [6.45, 7) is 0.670. The molecule has 3 nitrogen and oxygen atoms in total. The molecule has 0 spiro atoms. The quantitative estimate of drug-likeness (QED) is 0.747. The van der Waals surface area contributed by atoms with Crippen LogP contribution in [-0.2, 0) is 6.54 Å². The second kappa shape index (κ2) is 4.44. The number of aromatic nitrogens is 3. The van der Waals surface area contributed by atoms with E-state index in [1.807, 2.05) is 10.8 Å². The largest absolute Gasteiger partial charge is 0.304 e. The van der Waals surface area contributed by atoms with Gasteiger partial charge >= 0.3 is 0 Å². The van der Waals surface area contributed by atoms with Gasteiger partial charge in [-0.25, -0.2) is 4.39 Å². The zero-order valence-electron chi connectivity index (χ0n) is 8.22. The van der Waals surface area contributed by atoms with Crippen LogP contribution in [0.3, 0.4) is 0 Å². The summed E-state index contributed by atoms with van der Waals surface area (Å²) in [4.78, 5) is 0. The minimum absolute atomic E-state index is 0.215. The molecule has 1 aromatic heterocycles. The van der Waals surface area contributed by atoms with Crippen molar-refractivity contribution in [2.24, 2.45) is 0 Å². The molecule has 2 aromatic rings. The van der Waals surface area contributed by atoms with Gasteiger partial charge in [0, 0.05) is 0 Å². The Hall–Kier alpha value is -1.36. The summed E-state index contributed by atoms with van der Waals surface area (Å²) < 4.78 is 14.6. The molecule has 0 radical (unpaired) electrons. The summed E-state index contributed by atoms with van der Waals surface area (Å²) in [5, 5.41) is 8.64. The summed E-state index contributed by atoms with van der Waals surface area (Å²) in [5.41, 5.74) is 1.03. The highest BCUT2D eigenvalue weighted by Crippen LogP contribution is 2.12. The molecule has 1 heterocycles. The Morgan fingerprint density at radius 3 is 2.73 bits per heavy atom. The van der Waals surface area contributed by atoms with Crippen molar-refractivity contribution >= 4 is 11.8 Å². The minimum atomic E-state index is -0.215. The van der Waals surface area contributed by atoms with E-state index in [0.717, 1.165) is 10.7 Å². The van der Waals surface area contributed by atoms with Crippen molar-refractivity contribution in [3.8, 4) is 0 Å². The van der Waals surface area contributed by atoms with E-state index in [4.69, 9.17) is 0 Å². The van der Waals surface area contributed by atoms with Crippen molar-refractivity contribution in [3.05, 3.63) is 42.0 Å². The molecular formula is C10H10FN3S. The van der Waals surface area contributed by atoms with Crippen LogP contribution in [0.2, 0.25) is 0 Å². The number of hydrogen-bond acceptors (Lipinski definition) is 3. The Labute approximate surface area is 91.3 Å². The molecule has 0 aliphatic carbocycles. The molecule has 0 aliphatic heterocycles. The molecule has 15 heavy (non-hydrogen) atoms. The monoisotopic (exact) mass is 223 g/mol. The lowest BCUT2D eigenvalue weighted by Crippen LogP contribution is -1.99. The first kappa shape index (κ1) is 10.2. The number of nitrogens with zero attached hydrogens (tertiary/aromatic N) is 3. The maximum atomic E-state index is 12.7. The predicted molar refractivity (Wildman–Crippen MR) is 57.3 cm³/mol. The third-order valence-electron chi connectivity index (χ3n) is 2.03. The Kier molecular flexibility index (Phi) is 3.01. The topological polar surface area (TPSA) is 30.7 Å². The van der Waals surface area contributed by atoms with Gasteiger partial charge in [0.25, 0.3) is 0 Å². The fraction of sp³-hybridized carbons (Fsp3) is 0.200. The van der Waals surface area contributed by atoms with E-state index in [-0.39, 0.29) is 5.82 Å². The maximum Gasteiger partial charge on any atom is 0.191 e. The first-order chi connectivity index (χ1) is 7.29. The molecule has 0 aliphatic rings. The van der Waals surface area contributed by atoms with Gasteiger partial charge in [-0.15, -0.1) is 10.2 Å². The van der Waals surface area contributed by atoms with E-state index in [9.17, 15) is 4.39 Å². The smallest absolute Gasteiger partial charge is 0.191 e. The summed E-state index contributed by atoms with van der Waals surface area (Å²) in [6.07, 6.45) is 3.63. The van der Waals surface area contributed by atoms with Crippen molar-refractivity contribution in [1.82, 2.24) is 14.8 Å². The van der Waals surface area contributed by atoms with Crippen molar-refractivity contribution in [2.75, 3.05) is 6.26 Å². The lowest BCUT2D eigenvalue weighted by atomic mass is 10.2. The third-order valence-corrected chi connectivity index (χ3v) is 2.71. The molecule has 78 valence electrons. The first-order valence-electron chi connectivity index (χ1n) is 4.46. The molecule has 0 unspecified atom stereocenters. The third kappa shape index (κ3) is 2.36. The predicted octanol–water partition coefficient (Wildman–Crippen LogP) is 2.19. The molecule has 0 atom stereocenters. The molecule has 0 amide bonds. The van der Waals surface area contributed by atoms with Crippen molar-refractivity contribution < 1.29 is 4.39 Å². The number of benzene rings is 1. The van der Waals surface area contributed by atoms with Gasteiger partial charge in [-0.05, 0) is 24.0 Å². The Balaban J connectivity index is 2.18. The summed E-state index contributed by atoms with van der Waals surface area (Å²) >= 11 is 1.54. The van der Waals surface area contributed by atoms with E-state index in [0.29, 0.717) is 6.54 Å². The highest BCUT2D eigenvalue weighted by Gasteiger charge is 2.02. The van der Waals surface area contributed by atoms with Crippen LogP contribution in [0.5, 0.6) is 0 Å².